The average molecular weight is 392 g/mol. The molecule has 0 bridgehead atoms. The Hall–Kier alpha value is -2.44. The van der Waals surface area contributed by atoms with E-state index in [1.807, 2.05) is 18.2 Å². The second kappa shape index (κ2) is 10.0. The topological polar surface area (TPSA) is 76.8 Å². The van der Waals surface area contributed by atoms with Crippen molar-refractivity contribution in [1.82, 2.24) is 10.2 Å². The Labute approximate surface area is 165 Å². The van der Waals surface area contributed by atoms with Crippen molar-refractivity contribution in [3.63, 3.8) is 0 Å². The number of nitrogens with zero attached hydrogens (tertiary/aromatic N) is 1. The highest BCUT2D eigenvalue weighted by Crippen LogP contribution is 2.28. The first kappa shape index (κ1) is 20.9. The SMILES string of the molecule is CCN(CCNC(=O)c1cc(Cl)c(N)cc1OC)Cc1cccc(OC)c1. The van der Waals surface area contributed by atoms with Crippen LogP contribution in [0.3, 0.4) is 0 Å². The minimum Gasteiger partial charge on any atom is -0.497 e. The van der Waals surface area contributed by atoms with Gasteiger partial charge in [-0.15, -0.1) is 0 Å². The summed E-state index contributed by atoms with van der Waals surface area (Å²) in [6.07, 6.45) is 0. The van der Waals surface area contributed by atoms with E-state index < -0.39 is 0 Å². The van der Waals surface area contributed by atoms with E-state index in [0.29, 0.717) is 35.1 Å². The summed E-state index contributed by atoms with van der Waals surface area (Å²) in [6.45, 7) is 4.95. The van der Waals surface area contributed by atoms with E-state index in [0.717, 1.165) is 24.4 Å². The van der Waals surface area contributed by atoms with Crippen molar-refractivity contribution in [3.8, 4) is 11.5 Å². The van der Waals surface area contributed by atoms with Crippen LogP contribution in [-0.4, -0.2) is 44.7 Å². The molecule has 0 atom stereocenters. The molecule has 27 heavy (non-hydrogen) atoms. The molecule has 0 unspecified atom stereocenters. The molecule has 0 aliphatic rings. The maximum atomic E-state index is 12.5. The Kier molecular flexibility index (Phi) is 7.76. The van der Waals surface area contributed by atoms with Crippen LogP contribution < -0.4 is 20.5 Å². The average Bonchev–Trinajstić information content (AvgIpc) is 2.68. The van der Waals surface area contributed by atoms with E-state index in [1.54, 1.807) is 13.2 Å². The molecule has 0 saturated heterocycles. The van der Waals surface area contributed by atoms with Gasteiger partial charge >= 0.3 is 0 Å². The largest absolute Gasteiger partial charge is 0.497 e. The van der Waals surface area contributed by atoms with Gasteiger partial charge in [0.1, 0.15) is 11.5 Å². The van der Waals surface area contributed by atoms with Gasteiger partial charge in [-0.25, -0.2) is 0 Å². The molecule has 0 aliphatic carbocycles. The lowest BCUT2D eigenvalue weighted by Crippen LogP contribution is -2.34. The van der Waals surface area contributed by atoms with E-state index in [9.17, 15) is 4.79 Å². The number of rotatable bonds is 9. The van der Waals surface area contributed by atoms with Crippen molar-refractivity contribution >= 4 is 23.2 Å². The highest BCUT2D eigenvalue weighted by Gasteiger charge is 2.15. The highest BCUT2D eigenvalue weighted by atomic mass is 35.5. The van der Waals surface area contributed by atoms with Gasteiger partial charge in [-0.3, -0.25) is 9.69 Å². The molecule has 0 saturated carbocycles. The van der Waals surface area contributed by atoms with Crippen LogP contribution in [0.2, 0.25) is 5.02 Å². The van der Waals surface area contributed by atoms with Gasteiger partial charge < -0.3 is 20.5 Å². The van der Waals surface area contributed by atoms with Crippen LogP contribution in [0.4, 0.5) is 5.69 Å². The molecule has 0 heterocycles. The normalized spacial score (nSPS) is 10.7. The molecule has 0 spiro atoms. The second-order valence-electron chi connectivity index (χ2n) is 6.05. The Morgan fingerprint density at radius 2 is 2.00 bits per heavy atom. The Morgan fingerprint density at radius 1 is 1.22 bits per heavy atom. The quantitative estimate of drug-likeness (QED) is 0.642. The summed E-state index contributed by atoms with van der Waals surface area (Å²) in [5.74, 6) is 0.994. The van der Waals surface area contributed by atoms with Crippen LogP contribution in [0.15, 0.2) is 36.4 Å². The molecule has 2 aromatic carbocycles. The number of nitrogen functional groups attached to an aromatic ring is 1. The van der Waals surface area contributed by atoms with Gasteiger partial charge in [-0.2, -0.15) is 0 Å². The second-order valence-corrected chi connectivity index (χ2v) is 6.46. The number of amides is 1. The Morgan fingerprint density at radius 3 is 2.67 bits per heavy atom. The lowest BCUT2D eigenvalue weighted by atomic mass is 10.1. The van der Waals surface area contributed by atoms with Gasteiger partial charge in [0.2, 0.25) is 0 Å². The van der Waals surface area contributed by atoms with Gasteiger partial charge in [-0.1, -0.05) is 30.7 Å². The highest BCUT2D eigenvalue weighted by molar-refractivity contribution is 6.33. The molecule has 0 aromatic heterocycles. The van der Waals surface area contributed by atoms with E-state index in [2.05, 4.69) is 23.2 Å². The number of likely N-dealkylation sites (N-methyl/N-ethyl adjacent to an activating group) is 1. The molecule has 2 aromatic rings. The van der Waals surface area contributed by atoms with Crippen molar-refractivity contribution in [2.24, 2.45) is 0 Å². The zero-order valence-corrected chi connectivity index (χ0v) is 16.7. The van der Waals surface area contributed by atoms with Crippen molar-refractivity contribution in [3.05, 3.63) is 52.5 Å². The van der Waals surface area contributed by atoms with Crippen molar-refractivity contribution in [2.75, 3.05) is 39.6 Å². The molecule has 1 amide bonds. The summed E-state index contributed by atoms with van der Waals surface area (Å²) in [4.78, 5) is 14.7. The smallest absolute Gasteiger partial charge is 0.255 e. The van der Waals surface area contributed by atoms with Gasteiger partial charge in [0.05, 0.1) is 30.5 Å². The van der Waals surface area contributed by atoms with Crippen LogP contribution in [0.5, 0.6) is 11.5 Å². The number of nitrogens with two attached hydrogens (primary N) is 1. The molecule has 0 radical (unpaired) electrons. The number of halogens is 1. The minimum atomic E-state index is -0.244. The number of nitrogens with one attached hydrogen (secondary N) is 1. The summed E-state index contributed by atoms with van der Waals surface area (Å²) in [5, 5.41) is 3.24. The molecule has 3 N–H and O–H groups in total. The zero-order chi connectivity index (χ0) is 19.8. The maximum Gasteiger partial charge on any atom is 0.255 e. The number of carbonyl (C=O) groups is 1. The summed E-state index contributed by atoms with van der Waals surface area (Å²) in [7, 11) is 3.15. The molecule has 0 aliphatic heterocycles. The van der Waals surface area contributed by atoms with Gasteiger partial charge in [0, 0.05) is 25.7 Å². The number of ether oxygens (including phenoxy) is 2. The van der Waals surface area contributed by atoms with E-state index >= 15 is 0 Å². The summed E-state index contributed by atoms with van der Waals surface area (Å²) >= 11 is 6.03. The summed E-state index contributed by atoms with van der Waals surface area (Å²) in [6, 6.07) is 11.1. The van der Waals surface area contributed by atoms with Gasteiger partial charge in [-0.05, 0) is 30.3 Å². The lowest BCUT2D eigenvalue weighted by Gasteiger charge is -2.21. The number of hydrogen-bond acceptors (Lipinski definition) is 5. The molecule has 2 rings (SSSR count). The zero-order valence-electron chi connectivity index (χ0n) is 15.9. The van der Waals surface area contributed by atoms with Crippen LogP contribution in [0.25, 0.3) is 0 Å². The first-order valence-electron chi connectivity index (χ1n) is 8.75. The van der Waals surface area contributed by atoms with Crippen LogP contribution in [0, 0.1) is 0 Å². The van der Waals surface area contributed by atoms with E-state index in [-0.39, 0.29) is 5.91 Å². The van der Waals surface area contributed by atoms with Crippen molar-refractivity contribution in [1.29, 1.82) is 0 Å². The fourth-order valence-electron chi connectivity index (χ4n) is 2.72. The first-order valence-corrected chi connectivity index (χ1v) is 9.12. The lowest BCUT2D eigenvalue weighted by molar-refractivity contribution is 0.0945. The molecule has 7 heteroatoms. The first-order chi connectivity index (χ1) is 13.0. The predicted molar refractivity (Wildman–Crippen MR) is 109 cm³/mol. The van der Waals surface area contributed by atoms with E-state index in [4.69, 9.17) is 26.8 Å². The molecular weight excluding hydrogens is 366 g/mol. The standard InChI is InChI=1S/C20H26ClN3O3/c1-4-24(13-14-6-5-7-15(10-14)26-2)9-8-23-20(25)16-11-17(21)18(22)12-19(16)27-3/h5-7,10-12H,4,8-9,13,22H2,1-3H3,(H,23,25). The molecule has 146 valence electrons. The van der Waals surface area contributed by atoms with Gasteiger partial charge in [0.25, 0.3) is 5.91 Å². The summed E-state index contributed by atoms with van der Waals surface area (Å²) < 4.78 is 10.5. The van der Waals surface area contributed by atoms with E-state index in [1.165, 1.54) is 13.2 Å². The number of methoxy groups -OCH3 is 2. The number of anilines is 1. The third-order valence-corrected chi connectivity index (χ3v) is 4.59. The molecular formula is C20H26ClN3O3. The third-order valence-electron chi connectivity index (χ3n) is 4.26. The Balaban J connectivity index is 1.93. The number of carbonyl (C=O) groups excluding carboxylic acids is 1. The molecule has 0 fully saturated rings. The fourth-order valence-corrected chi connectivity index (χ4v) is 2.88. The summed E-state index contributed by atoms with van der Waals surface area (Å²) in [5.41, 5.74) is 7.66. The van der Waals surface area contributed by atoms with Crippen molar-refractivity contribution in [2.45, 2.75) is 13.5 Å². The fraction of sp³-hybridized carbons (Fsp3) is 0.350. The third kappa shape index (κ3) is 5.77. The maximum absolute atomic E-state index is 12.5. The van der Waals surface area contributed by atoms with Crippen LogP contribution in [-0.2, 0) is 6.54 Å². The Bertz CT molecular complexity index is 783. The molecule has 6 nitrogen and oxygen atoms in total. The minimum absolute atomic E-state index is 0.244. The van der Waals surface area contributed by atoms with Crippen LogP contribution >= 0.6 is 11.6 Å². The van der Waals surface area contributed by atoms with Crippen molar-refractivity contribution < 1.29 is 14.3 Å². The predicted octanol–water partition coefficient (Wildman–Crippen LogP) is 3.19. The van der Waals surface area contributed by atoms with Gasteiger partial charge in [0.15, 0.2) is 0 Å². The van der Waals surface area contributed by atoms with Crippen LogP contribution in [0.1, 0.15) is 22.8 Å². The monoisotopic (exact) mass is 391 g/mol. The number of hydrogen-bond donors (Lipinski definition) is 2. The number of benzene rings is 2.